The van der Waals surface area contributed by atoms with Crippen molar-refractivity contribution in [3.8, 4) is 0 Å². The van der Waals surface area contributed by atoms with Crippen LogP contribution in [0.1, 0.15) is 38.4 Å². The summed E-state index contributed by atoms with van der Waals surface area (Å²) in [5.41, 5.74) is 1.79. The molecule has 2 heterocycles. The maximum absolute atomic E-state index is 12.3. The highest BCUT2D eigenvalue weighted by molar-refractivity contribution is 5.82. The number of fused-ring (bicyclic) bond motifs is 1. The van der Waals surface area contributed by atoms with Gasteiger partial charge < -0.3 is 19.9 Å². The van der Waals surface area contributed by atoms with Gasteiger partial charge in [0.15, 0.2) is 0 Å². The zero-order valence-electron chi connectivity index (χ0n) is 15.9. The van der Waals surface area contributed by atoms with Crippen LogP contribution in [-0.4, -0.2) is 47.2 Å². The van der Waals surface area contributed by atoms with Crippen molar-refractivity contribution >= 4 is 22.8 Å². The molecule has 1 aromatic heterocycles. The van der Waals surface area contributed by atoms with Crippen LogP contribution in [0, 0.1) is 0 Å². The maximum Gasteiger partial charge on any atom is 0.249 e. The molecule has 7 nitrogen and oxygen atoms in total. The van der Waals surface area contributed by atoms with Crippen molar-refractivity contribution in [2.45, 2.75) is 51.7 Å². The molecular formula is C20H28N4O3. The van der Waals surface area contributed by atoms with Gasteiger partial charge in [-0.1, -0.05) is 25.5 Å². The number of imidazole rings is 1. The molecule has 1 aliphatic rings. The Morgan fingerprint density at radius 2 is 2.11 bits per heavy atom. The van der Waals surface area contributed by atoms with Crippen LogP contribution in [0.3, 0.4) is 0 Å². The lowest BCUT2D eigenvalue weighted by Gasteiger charge is -2.12. The third-order valence-electron chi connectivity index (χ3n) is 4.76. The molecule has 2 amide bonds. The summed E-state index contributed by atoms with van der Waals surface area (Å²) in [4.78, 5) is 29.0. The monoisotopic (exact) mass is 372 g/mol. The lowest BCUT2D eigenvalue weighted by molar-refractivity contribution is -0.130. The molecule has 0 bridgehead atoms. The lowest BCUT2D eigenvalue weighted by atomic mass is 10.2. The third-order valence-corrected chi connectivity index (χ3v) is 4.76. The number of nitrogens with zero attached hydrogens (tertiary/aromatic N) is 2. The number of rotatable bonds is 9. The van der Waals surface area contributed by atoms with Gasteiger partial charge in [-0.15, -0.1) is 0 Å². The molecule has 1 aliphatic heterocycles. The van der Waals surface area contributed by atoms with E-state index in [1.807, 2.05) is 28.8 Å². The molecule has 27 heavy (non-hydrogen) atoms. The van der Waals surface area contributed by atoms with Gasteiger partial charge in [-0.3, -0.25) is 9.59 Å². The molecule has 2 N–H and O–H groups in total. The first-order valence-corrected chi connectivity index (χ1v) is 9.79. The van der Waals surface area contributed by atoms with Gasteiger partial charge in [0.1, 0.15) is 18.5 Å². The number of carbonyl (C=O) groups is 2. The van der Waals surface area contributed by atoms with Crippen molar-refractivity contribution < 1.29 is 14.3 Å². The molecule has 7 heteroatoms. The second-order valence-electron chi connectivity index (χ2n) is 6.85. The fraction of sp³-hybridized carbons (Fsp3) is 0.550. The smallest absolute Gasteiger partial charge is 0.249 e. The number of para-hydroxylation sites is 2. The molecule has 0 saturated carbocycles. The molecule has 2 aromatic rings. The van der Waals surface area contributed by atoms with E-state index in [1.165, 1.54) is 0 Å². The number of aromatic nitrogens is 2. The normalized spacial score (nSPS) is 16.6. The molecule has 0 radical (unpaired) electrons. The standard InChI is InChI=1S/C20H28N4O3/c1-2-3-11-21-19(25)14-24-16-8-5-4-7-15(16)23-18(24)10-12-22-20(26)17-9-6-13-27-17/h4-5,7-8,17H,2-3,6,9-14H2,1H3,(H,21,25)(H,22,26). The summed E-state index contributed by atoms with van der Waals surface area (Å²) in [7, 11) is 0. The quantitative estimate of drug-likeness (QED) is 0.657. The van der Waals surface area contributed by atoms with Gasteiger partial charge in [-0.25, -0.2) is 4.98 Å². The Hall–Kier alpha value is -2.41. The highest BCUT2D eigenvalue weighted by Gasteiger charge is 2.23. The van der Waals surface area contributed by atoms with E-state index in [-0.39, 0.29) is 24.5 Å². The van der Waals surface area contributed by atoms with Crippen LogP contribution in [0.4, 0.5) is 0 Å². The van der Waals surface area contributed by atoms with E-state index >= 15 is 0 Å². The Kier molecular flexibility index (Phi) is 6.81. The zero-order valence-corrected chi connectivity index (χ0v) is 15.9. The first-order valence-electron chi connectivity index (χ1n) is 9.79. The Labute approximate surface area is 159 Å². The maximum atomic E-state index is 12.3. The van der Waals surface area contributed by atoms with E-state index in [4.69, 9.17) is 4.74 Å². The van der Waals surface area contributed by atoms with Gasteiger partial charge >= 0.3 is 0 Å². The van der Waals surface area contributed by atoms with Crippen LogP contribution in [-0.2, 0) is 27.3 Å². The number of nitrogens with one attached hydrogen (secondary N) is 2. The fourth-order valence-electron chi connectivity index (χ4n) is 3.29. The highest BCUT2D eigenvalue weighted by atomic mass is 16.5. The predicted molar refractivity (Wildman–Crippen MR) is 103 cm³/mol. The minimum atomic E-state index is -0.326. The molecule has 1 unspecified atom stereocenters. The van der Waals surface area contributed by atoms with Gasteiger partial charge in [0, 0.05) is 26.1 Å². The predicted octanol–water partition coefficient (Wildman–Crippen LogP) is 1.79. The number of amides is 2. The summed E-state index contributed by atoms with van der Waals surface area (Å²) in [6.07, 6.45) is 3.97. The van der Waals surface area contributed by atoms with E-state index in [0.717, 1.165) is 42.5 Å². The van der Waals surface area contributed by atoms with E-state index < -0.39 is 0 Å². The molecule has 1 aromatic carbocycles. The van der Waals surface area contributed by atoms with E-state index in [1.54, 1.807) is 0 Å². The van der Waals surface area contributed by atoms with Crippen molar-refractivity contribution in [3.63, 3.8) is 0 Å². The number of hydrogen-bond donors (Lipinski definition) is 2. The van der Waals surface area contributed by atoms with Crippen LogP contribution < -0.4 is 10.6 Å². The van der Waals surface area contributed by atoms with Crippen molar-refractivity contribution in [1.82, 2.24) is 20.2 Å². The number of benzene rings is 1. The summed E-state index contributed by atoms with van der Waals surface area (Å²) in [6.45, 7) is 4.15. The van der Waals surface area contributed by atoms with Crippen LogP contribution in [0.5, 0.6) is 0 Å². The van der Waals surface area contributed by atoms with Crippen LogP contribution in [0.25, 0.3) is 11.0 Å². The van der Waals surface area contributed by atoms with Crippen molar-refractivity contribution in [2.24, 2.45) is 0 Å². The summed E-state index contributed by atoms with van der Waals surface area (Å²) < 4.78 is 7.34. The average molecular weight is 372 g/mol. The van der Waals surface area contributed by atoms with Gasteiger partial charge in [0.2, 0.25) is 11.8 Å². The fourth-order valence-corrected chi connectivity index (χ4v) is 3.29. The third kappa shape index (κ3) is 5.07. The minimum absolute atomic E-state index is 0.0174. The van der Waals surface area contributed by atoms with Crippen molar-refractivity contribution in [3.05, 3.63) is 30.1 Å². The van der Waals surface area contributed by atoms with Crippen molar-refractivity contribution in [1.29, 1.82) is 0 Å². The van der Waals surface area contributed by atoms with Gasteiger partial charge in [0.05, 0.1) is 11.0 Å². The Morgan fingerprint density at radius 3 is 2.89 bits per heavy atom. The Balaban J connectivity index is 1.64. The van der Waals surface area contributed by atoms with E-state index in [9.17, 15) is 9.59 Å². The molecule has 1 fully saturated rings. The second-order valence-corrected chi connectivity index (χ2v) is 6.85. The first-order chi connectivity index (χ1) is 13.2. The van der Waals surface area contributed by atoms with Crippen LogP contribution in [0.2, 0.25) is 0 Å². The minimum Gasteiger partial charge on any atom is -0.368 e. The first kappa shape index (κ1) is 19.4. The second kappa shape index (κ2) is 9.50. The zero-order chi connectivity index (χ0) is 19.1. The summed E-state index contributed by atoms with van der Waals surface area (Å²) >= 11 is 0. The molecule has 1 atom stereocenters. The SMILES string of the molecule is CCCCNC(=O)Cn1c(CCNC(=O)C2CCCO2)nc2ccccc21. The Morgan fingerprint density at radius 1 is 1.26 bits per heavy atom. The molecule has 3 rings (SSSR count). The molecule has 0 spiro atoms. The molecular weight excluding hydrogens is 344 g/mol. The average Bonchev–Trinajstić information content (AvgIpc) is 3.31. The number of ether oxygens (including phenoxy) is 1. The number of unbranched alkanes of at least 4 members (excludes halogenated alkanes) is 1. The molecule has 146 valence electrons. The van der Waals surface area contributed by atoms with E-state index in [0.29, 0.717) is 26.1 Å². The largest absolute Gasteiger partial charge is 0.368 e. The van der Waals surface area contributed by atoms with E-state index in [2.05, 4.69) is 22.5 Å². The topological polar surface area (TPSA) is 85.2 Å². The van der Waals surface area contributed by atoms with Gasteiger partial charge in [0.25, 0.3) is 0 Å². The van der Waals surface area contributed by atoms with Gasteiger partial charge in [-0.2, -0.15) is 0 Å². The molecule has 1 saturated heterocycles. The summed E-state index contributed by atoms with van der Waals surface area (Å²) in [5, 5.41) is 5.87. The Bertz CT molecular complexity index is 781. The molecule has 0 aliphatic carbocycles. The number of carbonyl (C=O) groups excluding carboxylic acids is 2. The summed E-state index contributed by atoms with van der Waals surface area (Å²) in [5.74, 6) is 0.721. The van der Waals surface area contributed by atoms with Crippen LogP contribution in [0.15, 0.2) is 24.3 Å². The van der Waals surface area contributed by atoms with Gasteiger partial charge in [-0.05, 0) is 31.4 Å². The van der Waals surface area contributed by atoms with Crippen LogP contribution >= 0.6 is 0 Å². The highest BCUT2D eigenvalue weighted by Crippen LogP contribution is 2.16. The number of hydrogen-bond acceptors (Lipinski definition) is 4. The van der Waals surface area contributed by atoms with Crippen molar-refractivity contribution in [2.75, 3.05) is 19.7 Å². The summed E-state index contributed by atoms with van der Waals surface area (Å²) in [6, 6.07) is 7.79. The lowest BCUT2D eigenvalue weighted by Crippen LogP contribution is -2.35.